The van der Waals surface area contributed by atoms with E-state index in [1.807, 2.05) is 24.3 Å². The molecule has 1 atom stereocenters. The Morgan fingerprint density at radius 2 is 1.84 bits per heavy atom. The van der Waals surface area contributed by atoms with Crippen molar-refractivity contribution < 1.29 is 18.9 Å². The summed E-state index contributed by atoms with van der Waals surface area (Å²) < 4.78 is 5.59. The third-order valence-corrected chi connectivity index (χ3v) is 5.17. The number of nitrogens with one attached hydrogen (secondary N) is 2. The van der Waals surface area contributed by atoms with E-state index in [1.165, 1.54) is 29.8 Å². The van der Waals surface area contributed by atoms with Crippen molar-refractivity contribution in [3.8, 4) is 0 Å². The van der Waals surface area contributed by atoms with Crippen LogP contribution in [0.2, 0.25) is 0 Å². The van der Waals surface area contributed by atoms with Gasteiger partial charge in [0, 0.05) is 36.6 Å². The third-order valence-electron chi connectivity index (χ3n) is 5.17. The molecule has 2 aromatic carbocycles. The van der Waals surface area contributed by atoms with E-state index < -0.39 is 16.7 Å². The number of carbonyl (C=O) groups excluding carboxylic acids is 2. The highest BCUT2D eigenvalue weighted by atomic mass is 16.6. The first kappa shape index (κ1) is 20.1. The molecule has 0 saturated carbocycles. The van der Waals surface area contributed by atoms with E-state index in [9.17, 15) is 19.7 Å². The van der Waals surface area contributed by atoms with Gasteiger partial charge in [0.25, 0.3) is 5.69 Å². The molecule has 1 aliphatic rings. The van der Waals surface area contributed by atoms with Gasteiger partial charge in [-0.1, -0.05) is 18.2 Å². The number of furan rings is 1. The van der Waals surface area contributed by atoms with Crippen LogP contribution in [0.25, 0.3) is 0 Å². The molecule has 0 bridgehead atoms. The summed E-state index contributed by atoms with van der Waals surface area (Å²) in [5.74, 6) is -0.968. The van der Waals surface area contributed by atoms with Gasteiger partial charge in [-0.3, -0.25) is 19.7 Å². The number of anilines is 2. The number of rotatable bonds is 6. The first-order chi connectivity index (χ1) is 15.0. The van der Waals surface area contributed by atoms with Crippen LogP contribution in [0.3, 0.4) is 0 Å². The second-order valence-electron chi connectivity index (χ2n) is 7.07. The van der Waals surface area contributed by atoms with Gasteiger partial charge in [-0.2, -0.15) is 0 Å². The van der Waals surface area contributed by atoms with E-state index in [4.69, 9.17) is 4.42 Å². The van der Waals surface area contributed by atoms with E-state index in [2.05, 4.69) is 21.6 Å². The molecular weight excluding hydrogens is 400 g/mol. The second kappa shape index (κ2) is 8.70. The monoisotopic (exact) mass is 420 g/mol. The van der Waals surface area contributed by atoms with E-state index in [1.54, 1.807) is 12.3 Å². The van der Waals surface area contributed by atoms with Gasteiger partial charge in [0.05, 0.1) is 11.2 Å². The minimum Gasteiger partial charge on any atom is -0.467 e. The van der Waals surface area contributed by atoms with Crippen LogP contribution in [-0.4, -0.2) is 29.8 Å². The zero-order chi connectivity index (χ0) is 21.8. The Kier molecular flexibility index (Phi) is 5.65. The lowest BCUT2D eigenvalue weighted by Gasteiger charge is -2.29. The van der Waals surface area contributed by atoms with Crippen molar-refractivity contribution in [3.63, 3.8) is 0 Å². The van der Waals surface area contributed by atoms with Gasteiger partial charge < -0.3 is 20.0 Å². The van der Waals surface area contributed by atoms with E-state index in [0.29, 0.717) is 11.4 Å². The predicted octanol–water partition coefficient (Wildman–Crippen LogP) is 3.05. The van der Waals surface area contributed by atoms with Crippen LogP contribution in [0.4, 0.5) is 17.1 Å². The van der Waals surface area contributed by atoms with Crippen LogP contribution in [-0.2, 0) is 16.0 Å². The van der Waals surface area contributed by atoms with Crippen molar-refractivity contribution in [2.45, 2.75) is 12.5 Å². The first-order valence-electron chi connectivity index (χ1n) is 9.74. The third kappa shape index (κ3) is 4.40. The summed E-state index contributed by atoms with van der Waals surface area (Å²) in [6, 6.07) is 16.7. The van der Waals surface area contributed by atoms with Gasteiger partial charge >= 0.3 is 11.8 Å². The summed E-state index contributed by atoms with van der Waals surface area (Å²) in [6.45, 7) is 0.948. The van der Waals surface area contributed by atoms with Gasteiger partial charge in [-0.25, -0.2) is 0 Å². The highest BCUT2D eigenvalue weighted by Crippen LogP contribution is 2.34. The van der Waals surface area contributed by atoms with Gasteiger partial charge in [0.2, 0.25) is 0 Å². The number of non-ortho nitro benzene ring substituents is 1. The van der Waals surface area contributed by atoms with Crippen LogP contribution >= 0.6 is 0 Å². The summed E-state index contributed by atoms with van der Waals surface area (Å²) in [6.07, 6.45) is 2.47. The van der Waals surface area contributed by atoms with Gasteiger partial charge in [0.1, 0.15) is 11.8 Å². The highest BCUT2D eigenvalue weighted by Gasteiger charge is 2.29. The molecule has 0 unspecified atom stereocenters. The molecule has 4 rings (SSSR count). The average molecular weight is 420 g/mol. The van der Waals surface area contributed by atoms with E-state index in [0.717, 1.165) is 18.7 Å². The topological polar surface area (TPSA) is 118 Å². The zero-order valence-corrected chi connectivity index (χ0v) is 16.5. The van der Waals surface area contributed by atoms with Crippen molar-refractivity contribution in [2.75, 3.05) is 23.3 Å². The number of benzene rings is 2. The van der Waals surface area contributed by atoms with Crippen LogP contribution in [0, 0.1) is 10.1 Å². The molecule has 2 N–H and O–H groups in total. The average Bonchev–Trinajstić information content (AvgIpc) is 3.45. The molecule has 0 spiro atoms. The fourth-order valence-corrected chi connectivity index (χ4v) is 3.66. The van der Waals surface area contributed by atoms with Crippen LogP contribution < -0.4 is 15.5 Å². The number of amides is 2. The van der Waals surface area contributed by atoms with Crippen molar-refractivity contribution in [2.24, 2.45) is 0 Å². The van der Waals surface area contributed by atoms with Crippen molar-refractivity contribution in [1.82, 2.24) is 5.32 Å². The largest absolute Gasteiger partial charge is 0.467 e. The molecule has 2 amide bonds. The Bertz CT molecular complexity index is 1100. The highest BCUT2D eigenvalue weighted by molar-refractivity contribution is 6.39. The van der Waals surface area contributed by atoms with Gasteiger partial charge in [0.15, 0.2) is 0 Å². The minimum atomic E-state index is -0.853. The molecule has 9 nitrogen and oxygen atoms in total. The van der Waals surface area contributed by atoms with E-state index >= 15 is 0 Å². The molecule has 158 valence electrons. The van der Waals surface area contributed by atoms with Crippen molar-refractivity contribution in [3.05, 3.63) is 88.4 Å². The lowest BCUT2D eigenvalue weighted by Crippen LogP contribution is -2.41. The molecule has 1 aromatic heterocycles. The molecular formula is C22H20N4O5. The maximum absolute atomic E-state index is 12.4. The Balaban J connectivity index is 1.42. The number of nitrogens with zero attached hydrogens (tertiary/aromatic N) is 2. The number of hydrogen-bond donors (Lipinski definition) is 2. The number of fused-ring (bicyclic) bond motifs is 1. The molecule has 9 heteroatoms. The maximum atomic E-state index is 12.4. The quantitative estimate of drug-likeness (QED) is 0.360. The van der Waals surface area contributed by atoms with Crippen molar-refractivity contribution in [1.29, 1.82) is 0 Å². The Morgan fingerprint density at radius 3 is 2.55 bits per heavy atom. The van der Waals surface area contributed by atoms with Crippen molar-refractivity contribution >= 4 is 28.9 Å². The zero-order valence-electron chi connectivity index (χ0n) is 16.5. The Hall–Kier alpha value is -4.14. The summed E-state index contributed by atoms with van der Waals surface area (Å²) in [5, 5.41) is 15.8. The maximum Gasteiger partial charge on any atom is 0.313 e. The van der Waals surface area contributed by atoms with Gasteiger partial charge in [-0.15, -0.1) is 0 Å². The summed E-state index contributed by atoms with van der Waals surface area (Å²) in [7, 11) is 0. The first-order valence-corrected chi connectivity index (χ1v) is 9.74. The molecule has 0 fully saturated rings. The summed E-state index contributed by atoms with van der Waals surface area (Å²) in [4.78, 5) is 37.0. The molecule has 31 heavy (non-hydrogen) atoms. The number of hydrogen-bond acceptors (Lipinski definition) is 6. The fraction of sp³-hybridized carbons (Fsp3) is 0.182. The molecule has 0 aliphatic carbocycles. The van der Waals surface area contributed by atoms with Crippen LogP contribution in [0.1, 0.15) is 17.4 Å². The van der Waals surface area contributed by atoms with Crippen LogP contribution in [0.15, 0.2) is 71.3 Å². The minimum absolute atomic E-state index is 0.102. The van der Waals surface area contributed by atoms with E-state index in [-0.39, 0.29) is 18.3 Å². The summed E-state index contributed by atoms with van der Waals surface area (Å²) >= 11 is 0. The SMILES string of the molecule is O=C(NC[C@@H](c1ccco1)N1CCc2ccccc21)C(=O)Nc1ccc([N+](=O)[O-])cc1. The smallest absolute Gasteiger partial charge is 0.313 e. The Labute approximate surface area is 177 Å². The second-order valence-corrected chi connectivity index (χ2v) is 7.07. The molecule has 0 radical (unpaired) electrons. The molecule has 1 aliphatic heterocycles. The predicted molar refractivity (Wildman–Crippen MR) is 114 cm³/mol. The normalized spacial score (nSPS) is 13.4. The number of nitro groups is 1. The molecule has 3 aromatic rings. The lowest BCUT2D eigenvalue weighted by molar-refractivity contribution is -0.384. The number of para-hydroxylation sites is 1. The molecule has 2 heterocycles. The standard InChI is InChI=1S/C22H20N4O5/c27-21(22(28)24-16-7-9-17(10-8-16)26(29)30)23-14-19(20-6-3-13-31-20)25-12-11-15-4-1-2-5-18(15)25/h1-10,13,19H,11-12,14H2,(H,23,27)(H,24,28)/t19-/m0/s1. The Morgan fingerprint density at radius 1 is 1.06 bits per heavy atom. The number of carbonyl (C=O) groups is 2. The van der Waals surface area contributed by atoms with Gasteiger partial charge in [-0.05, 0) is 42.3 Å². The molecule has 0 saturated heterocycles. The lowest BCUT2D eigenvalue weighted by atomic mass is 10.1. The number of nitro benzene ring substituents is 1. The fourth-order valence-electron chi connectivity index (χ4n) is 3.66. The van der Waals surface area contributed by atoms with Crippen LogP contribution in [0.5, 0.6) is 0 Å². The summed E-state index contributed by atoms with van der Waals surface area (Å²) in [5.41, 5.74) is 2.49.